The SMILES string of the molecule is CN(C)S(=O)(=O)Nc1nccc(CN2C(=O)Oc3cc(Oc4cccnn4)ccc3C23CCC3)c1F. The van der Waals surface area contributed by atoms with Gasteiger partial charge in [0, 0.05) is 49.7 Å². The molecule has 1 N–H and O–H groups in total. The lowest BCUT2D eigenvalue weighted by molar-refractivity contribution is 0.00112. The topological polar surface area (TPSA) is 127 Å². The average molecular weight is 515 g/mol. The van der Waals surface area contributed by atoms with Crippen LogP contribution in [-0.4, -0.2) is 53.0 Å². The highest BCUT2D eigenvalue weighted by Gasteiger charge is 2.52. The van der Waals surface area contributed by atoms with E-state index in [4.69, 9.17) is 9.47 Å². The molecule has 1 aliphatic heterocycles. The molecule has 0 saturated heterocycles. The largest absolute Gasteiger partial charge is 0.437 e. The van der Waals surface area contributed by atoms with Gasteiger partial charge in [-0.25, -0.2) is 14.2 Å². The fraction of sp³-hybridized carbons (Fsp3) is 0.304. The number of benzene rings is 1. The smallest absolute Gasteiger partial charge is 0.416 e. The van der Waals surface area contributed by atoms with Crippen molar-refractivity contribution in [3.63, 3.8) is 0 Å². The lowest BCUT2D eigenvalue weighted by atomic mass is 9.69. The minimum absolute atomic E-state index is 0.107. The van der Waals surface area contributed by atoms with Crippen LogP contribution < -0.4 is 14.2 Å². The summed E-state index contributed by atoms with van der Waals surface area (Å²) < 4.78 is 53.9. The number of halogens is 1. The van der Waals surface area contributed by atoms with E-state index in [2.05, 4.69) is 19.9 Å². The molecule has 1 spiro atoms. The standard InChI is InChI=1S/C23H23FN6O5S/c1-29(2)36(32,33)28-21-20(24)15(8-12-25-21)14-30-22(31)35-18-13-16(34-19-5-3-11-26-27-19)6-7-17(18)23(30)9-4-10-23/h3,5-8,11-13H,4,9-10,14H2,1-2H3,(H,25,28). The molecule has 188 valence electrons. The summed E-state index contributed by atoms with van der Waals surface area (Å²) in [5.74, 6) is -0.201. The van der Waals surface area contributed by atoms with Crippen LogP contribution >= 0.6 is 0 Å². The zero-order valence-electron chi connectivity index (χ0n) is 19.5. The van der Waals surface area contributed by atoms with Gasteiger partial charge >= 0.3 is 16.3 Å². The molecule has 1 aromatic carbocycles. The minimum Gasteiger partial charge on any atom is -0.437 e. The Kier molecular flexibility index (Phi) is 5.96. The third kappa shape index (κ3) is 4.20. The molecule has 11 nitrogen and oxygen atoms in total. The molecule has 0 bridgehead atoms. The number of ether oxygens (including phenoxy) is 2. The van der Waals surface area contributed by atoms with Crippen molar-refractivity contribution in [2.45, 2.75) is 31.3 Å². The molecule has 2 aliphatic rings. The maximum atomic E-state index is 15.3. The van der Waals surface area contributed by atoms with Crippen LogP contribution in [0.25, 0.3) is 0 Å². The Morgan fingerprint density at radius 2 is 2.03 bits per heavy atom. The number of hydrogen-bond acceptors (Lipinski definition) is 8. The lowest BCUT2D eigenvalue weighted by Crippen LogP contribution is -2.57. The van der Waals surface area contributed by atoms with E-state index in [9.17, 15) is 13.2 Å². The summed E-state index contributed by atoms with van der Waals surface area (Å²) in [5.41, 5.74) is 0.230. The molecule has 3 heterocycles. The molecule has 2 aromatic heterocycles. The summed E-state index contributed by atoms with van der Waals surface area (Å²) in [6.45, 7) is -0.124. The Balaban J connectivity index is 1.44. The van der Waals surface area contributed by atoms with Crippen LogP contribution in [0, 0.1) is 5.82 Å². The highest BCUT2D eigenvalue weighted by Crippen LogP contribution is 2.53. The number of amides is 1. The highest BCUT2D eigenvalue weighted by molar-refractivity contribution is 7.90. The number of nitrogens with one attached hydrogen (secondary N) is 1. The molecule has 1 amide bonds. The first-order valence-corrected chi connectivity index (χ1v) is 12.6. The fourth-order valence-electron chi connectivity index (χ4n) is 4.29. The molecule has 0 atom stereocenters. The monoisotopic (exact) mass is 514 g/mol. The summed E-state index contributed by atoms with van der Waals surface area (Å²) in [6, 6.07) is 9.97. The molecule has 1 fully saturated rings. The van der Waals surface area contributed by atoms with Gasteiger partial charge in [-0.3, -0.25) is 9.62 Å². The predicted molar refractivity (Wildman–Crippen MR) is 126 cm³/mol. The summed E-state index contributed by atoms with van der Waals surface area (Å²) in [6.07, 6.45) is 4.42. The number of anilines is 1. The van der Waals surface area contributed by atoms with E-state index in [0.717, 1.165) is 16.3 Å². The lowest BCUT2D eigenvalue weighted by Gasteiger charge is -2.52. The van der Waals surface area contributed by atoms with Crippen LogP contribution in [0.1, 0.15) is 30.4 Å². The molecule has 5 rings (SSSR count). The van der Waals surface area contributed by atoms with Crippen LogP contribution in [0.3, 0.4) is 0 Å². The van der Waals surface area contributed by atoms with Crippen LogP contribution in [0.5, 0.6) is 17.4 Å². The van der Waals surface area contributed by atoms with Crippen LogP contribution in [0.2, 0.25) is 0 Å². The Hall–Kier alpha value is -3.84. The first kappa shape index (κ1) is 23.9. The Morgan fingerprint density at radius 1 is 1.22 bits per heavy atom. The Bertz CT molecular complexity index is 1420. The molecule has 36 heavy (non-hydrogen) atoms. The van der Waals surface area contributed by atoms with Gasteiger partial charge < -0.3 is 9.47 Å². The van der Waals surface area contributed by atoms with Gasteiger partial charge in [-0.15, -0.1) is 5.10 Å². The van der Waals surface area contributed by atoms with Crippen LogP contribution in [0.4, 0.5) is 15.0 Å². The van der Waals surface area contributed by atoms with Gasteiger partial charge in [-0.2, -0.15) is 17.8 Å². The summed E-state index contributed by atoms with van der Waals surface area (Å²) >= 11 is 0. The van der Waals surface area contributed by atoms with Crippen molar-refractivity contribution in [3.8, 4) is 17.4 Å². The van der Waals surface area contributed by atoms with E-state index >= 15 is 4.39 Å². The second-order valence-corrected chi connectivity index (χ2v) is 10.6. The number of aromatic nitrogens is 3. The molecular weight excluding hydrogens is 491 g/mol. The van der Waals surface area contributed by atoms with Gasteiger partial charge in [0.05, 0.1) is 12.1 Å². The van der Waals surface area contributed by atoms with Crippen molar-refractivity contribution in [1.82, 2.24) is 24.4 Å². The van der Waals surface area contributed by atoms with Gasteiger partial charge in [-0.05, 0) is 43.5 Å². The van der Waals surface area contributed by atoms with Gasteiger partial charge in [-0.1, -0.05) is 0 Å². The van der Waals surface area contributed by atoms with Gasteiger partial charge in [0.1, 0.15) is 11.5 Å². The van der Waals surface area contributed by atoms with Gasteiger partial charge in [0.25, 0.3) is 0 Å². The Labute approximate surface area is 207 Å². The van der Waals surface area contributed by atoms with Crippen molar-refractivity contribution < 1.29 is 27.1 Å². The van der Waals surface area contributed by atoms with Crippen molar-refractivity contribution in [3.05, 3.63) is 65.7 Å². The van der Waals surface area contributed by atoms with E-state index in [0.29, 0.717) is 30.2 Å². The molecule has 13 heteroatoms. The van der Waals surface area contributed by atoms with E-state index in [-0.39, 0.29) is 12.1 Å². The van der Waals surface area contributed by atoms with Crippen molar-refractivity contribution in [2.24, 2.45) is 0 Å². The highest BCUT2D eigenvalue weighted by atomic mass is 32.2. The molecule has 0 unspecified atom stereocenters. The van der Waals surface area contributed by atoms with Crippen molar-refractivity contribution in [1.29, 1.82) is 0 Å². The normalized spacial score (nSPS) is 16.3. The molecule has 1 aliphatic carbocycles. The average Bonchev–Trinajstić information content (AvgIpc) is 2.81. The fourth-order valence-corrected chi connectivity index (χ4v) is 4.86. The zero-order valence-corrected chi connectivity index (χ0v) is 20.3. The Morgan fingerprint density at radius 3 is 2.69 bits per heavy atom. The van der Waals surface area contributed by atoms with Crippen molar-refractivity contribution in [2.75, 3.05) is 18.8 Å². The van der Waals surface area contributed by atoms with Crippen molar-refractivity contribution >= 4 is 22.1 Å². The second kappa shape index (κ2) is 8.99. The minimum atomic E-state index is -3.96. The maximum absolute atomic E-state index is 15.3. The summed E-state index contributed by atoms with van der Waals surface area (Å²) in [4.78, 5) is 18.4. The maximum Gasteiger partial charge on any atom is 0.416 e. The molecular formula is C23H23FN6O5S. The number of hydrogen-bond donors (Lipinski definition) is 1. The van der Waals surface area contributed by atoms with E-state index in [1.807, 2.05) is 6.07 Å². The van der Waals surface area contributed by atoms with Crippen LogP contribution in [0.15, 0.2) is 48.8 Å². The number of rotatable bonds is 7. The third-order valence-electron chi connectivity index (χ3n) is 6.34. The first-order valence-electron chi connectivity index (χ1n) is 11.1. The first-order chi connectivity index (χ1) is 17.2. The van der Waals surface area contributed by atoms with Crippen LogP contribution in [-0.2, 0) is 22.3 Å². The van der Waals surface area contributed by atoms with E-state index in [1.165, 1.54) is 37.5 Å². The van der Waals surface area contributed by atoms with E-state index < -0.39 is 33.5 Å². The number of carbonyl (C=O) groups is 1. The summed E-state index contributed by atoms with van der Waals surface area (Å²) in [5, 5.41) is 7.66. The van der Waals surface area contributed by atoms with E-state index in [1.54, 1.807) is 24.3 Å². The number of pyridine rings is 1. The number of carbonyl (C=O) groups excluding carboxylic acids is 1. The van der Waals surface area contributed by atoms with Gasteiger partial charge in [0.15, 0.2) is 11.6 Å². The third-order valence-corrected chi connectivity index (χ3v) is 7.76. The number of fused-ring (bicyclic) bond motifs is 2. The second-order valence-electron chi connectivity index (χ2n) is 8.68. The molecule has 0 radical (unpaired) electrons. The number of nitrogens with zero attached hydrogens (tertiary/aromatic N) is 5. The quantitative estimate of drug-likeness (QED) is 0.508. The summed E-state index contributed by atoms with van der Waals surface area (Å²) in [7, 11) is -1.33. The molecule has 1 saturated carbocycles. The van der Waals surface area contributed by atoms with Gasteiger partial charge in [0.2, 0.25) is 5.88 Å². The zero-order chi connectivity index (χ0) is 25.5. The predicted octanol–water partition coefficient (Wildman–Crippen LogP) is 3.42. The molecule has 3 aromatic rings.